The number of carbonyl (C=O) groups is 3. The standard InChI is InChI=1S/C47H31ClN4O6/c48-32-15-13-28(14-16-32)44-39-23-21-37(51-39)42(26-3-9-30(10-4-26)46(55)56)35-19-17-33(49-35)41(25-1-7-29(8-2-25)45(53)54)34-18-20-36(50-34)43(38-22-24-40(44)52-38)27-5-11-31(12-6-27)47(57)58/h1-24,33,35,49-50H,(H,53,54)(H,55,56)(H,57,58)/b41-34-,42-37?,43-36-,44-40-. The average molecular weight is 783 g/mol. The minimum Gasteiger partial charge on any atom is -0.478 e. The number of rotatable bonds is 7. The largest absolute Gasteiger partial charge is 0.478 e. The maximum atomic E-state index is 11.8. The van der Waals surface area contributed by atoms with E-state index in [9.17, 15) is 29.7 Å². The van der Waals surface area contributed by atoms with Crippen molar-refractivity contribution in [3.63, 3.8) is 0 Å². The summed E-state index contributed by atoms with van der Waals surface area (Å²) in [5.74, 6) is -3.09. The molecule has 0 amide bonds. The summed E-state index contributed by atoms with van der Waals surface area (Å²) in [5, 5.41) is 34.9. The van der Waals surface area contributed by atoms with Crippen molar-refractivity contribution in [2.45, 2.75) is 12.1 Å². The van der Waals surface area contributed by atoms with Crippen molar-refractivity contribution >= 4 is 63.2 Å². The van der Waals surface area contributed by atoms with Gasteiger partial charge in [0.05, 0.1) is 51.6 Å². The molecule has 2 atom stereocenters. The summed E-state index contributed by atoms with van der Waals surface area (Å²) < 4.78 is 0. The monoisotopic (exact) mass is 782 g/mol. The normalized spacial score (nSPS) is 21.3. The lowest BCUT2D eigenvalue weighted by atomic mass is 9.95. The molecule has 0 saturated heterocycles. The highest BCUT2D eigenvalue weighted by Gasteiger charge is 2.30. The highest BCUT2D eigenvalue weighted by Crippen LogP contribution is 2.36. The van der Waals surface area contributed by atoms with Gasteiger partial charge in [-0.3, -0.25) is 5.32 Å². The Bertz CT molecular complexity index is 2930. The number of halogens is 1. The first-order valence-electron chi connectivity index (χ1n) is 18.3. The lowest BCUT2D eigenvalue weighted by Gasteiger charge is -2.22. The number of hydrogen-bond acceptors (Lipinski definition) is 6. The van der Waals surface area contributed by atoms with Gasteiger partial charge in [-0.15, -0.1) is 0 Å². The number of aromatic nitrogens is 1. The molecule has 0 saturated carbocycles. The molecule has 0 aliphatic carbocycles. The van der Waals surface area contributed by atoms with Gasteiger partial charge in [0, 0.05) is 38.0 Å². The number of fused-ring (bicyclic) bond motifs is 6. The Balaban J connectivity index is 1.34. The third kappa shape index (κ3) is 6.66. The fourth-order valence-corrected chi connectivity index (χ4v) is 7.84. The molecule has 0 radical (unpaired) electrons. The summed E-state index contributed by atoms with van der Waals surface area (Å²) in [7, 11) is 0. The van der Waals surface area contributed by atoms with Gasteiger partial charge < -0.3 is 20.3 Å². The molecule has 8 bridgehead atoms. The number of allylic oxidation sites excluding steroid dienone is 5. The fourth-order valence-electron chi connectivity index (χ4n) is 7.71. The van der Waals surface area contributed by atoms with Crippen molar-refractivity contribution in [1.29, 1.82) is 0 Å². The van der Waals surface area contributed by atoms with Gasteiger partial charge in [0.25, 0.3) is 0 Å². The molecule has 58 heavy (non-hydrogen) atoms. The van der Waals surface area contributed by atoms with Gasteiger partial charge in [-0.25, -0.2) is 24.4 Å². The molecule has 10 nitrogen and oxygen atoms in total. The van der Waals surface area contributed by atoms with Gasteiger partial charge in [0.1, 0.15) is 0 Å². The first-order chi connectivity index (χ1) is 28.1. The van der Waals surface area contributed by atoms with E-state index in [-0.39, 0.29) is 28.8 Å². The molecule has 1 aromatic heterocycles. The molecule has 2 unspecified atom stereocenters. The highest BCUT2D eigenvalue weighted by molar-refractivity contribution is 6.35. The molecule has 0 fully saturated rings. The smallest absolute Gasteiger partial charge is 0.335 e. The summed E-state index contributed by atoms with van der Waals surface area (Å²) in [6.45, 7) is 0. The first-order valence-corrected chi connectivity index (χ1v) is 18.7. The average Bonchev–Trinajstić information content (AvgIpc) is 4.07. The lowest BCUT2D eigenvalue weighted by molar-refractivity contribution is 0.0686. The van der Waals surface area contributed by atoms with Crippen LogP contribution in [0.4, 0.5) is 0 Å². The van der Waals surface area contributed by atoms with E-state index in [1.165, 1.54) is 0 Å². The van der Waals surface area contributed by atoms with Gasteiger partial charge in [-0.1, -0.05) is 72.3 Å². The molecule has 11 heteroatoms. The third-order valence-corrected chi connectivity index (χ3v) is 10.7. The summed E-state index contributed by atoms with van der Waals surface area (Å²) in [6.07, 6.45) is 11.9. The number of carboxylic acid groups (broad SMARTS) is 3. The summed E-state index contributed by atoms with van der Waals surface area (Å²) in [4.78, 5) is 49.6. The lowest BCUT2D eigenvalue weighted by Crippen LogP contribution is -2.35. The number of nitrogens with one attached hydrogen (secondary N) is 2. The minimum absolute atomic E-state index is 0.153. The third-order valence-electron chi connectivity index (χ3n) is 10.5. The van der Waals surface area contributed by atoms with Crippen LogP contribution in [-0.4, -0.2) is 61.7 Å². The Morgan fingerprint density at radius 2 is 0.914 bits per heavy atom. The van der Waals surface area contributed by atoms with E-state index in [1.807, 2.05) is 60.7 Å². The minimum atomic E-state index is -1.03. The zero-order valence-corrected chi connectivity index (χ0v) is 31.1. The van der Waals surface area contributed by atoms with Crippen molar-refractivity contribution in [2.75, 3.05) is 0 Å². The van der Waals surface area contributed by atoms with Gasteiger partial charge >= 0.3 is 17.9 Å². The van der Waals surface area contributed by atoms with Crippen molar-refractivity contribution < 1.29 is 29.7 Å². The van der Waals surface area contributed by atoms with Crippen LogP contribution in [0.3, 0.4) is 0 Å². The van der Waals surface area contributed by atoms with Crippen LogP contribution in [0.1, 0.15) is 53.3 Å². The zero-order valence-electron chi connectivity index (χ0n) is 30.3. The Hall–Kier alpha value is -7.40. The predicted molar refractivity (Wildman–Crippen MR) is 224 cm³/mol. The van der Waals surface area contributed by atoms with E-state index in [0.29, 0.717) is 27.8 Å². The Kier molecular flexibility index (Phi) is 9.12. The van der Waals surface area contributed by atoms with E-state index >= 15 is 0 Å². The molecule has 5 heterocycles. The number of benzene rings is 4. The van der Waals surface area contributed by atoms with E-state index < -0.39 is 17.9 Å². The van der Waals surface area contributed by atoms with Crippen molar-refractivity contribution in [2.24, 2.45) is 9.98 Å². The zero-order chi connectivity index (χ0) is 40.1. The summed E-state index contributed by atoms with van der Waals surface area (Å²) in [5.41, 5.74) is 9.42. The molecule has 282 valence electrons. The Morgan fingerprint density at radius 3 is 1.48 bits per heavy atom. The van der Waals surface area contributed by atoms with Gasteiger partial charge in [-0.05, 0) is 107 Å². The van der Waals surface area contributed by atoms with E-state index in [0.717, 1.165) is 55.2 Å². The van der Waals surface area contributed by atoms with Crippen LogP contribution in [0.2, 0.25) is 5.02 Å². The van der Waals surface area contributed by atoms with Crippen molar-refractivity contribution in [3.8, 4) is 0 Å². The Morgan fingerprint density at radius 1 is 0.483 bits per heavy atom. The molecular formula is C47H31ClN4O6. The molecule has 9 rings (SSSR count). The number of aromatic carboxylic acids is 3. The fraction of sp³-hybridized carbons (Fsp3) is 0.0426. The van der Waals surface area contributed by atoms with Crippen LogP contribution >= 0.6 is 11.6 Å². The number of aliphatic imine (C=N–C) groups is 2. The maximum absolute atomic E-state index is 11.8. The van der Waals surface area contributed by atoms with Crippen LogP contribution < -0.4 is 16.0 Å². The van der Waals surface area contributed by atoms with Crippen LogP contribution in [0, 0.1) is 0 Å². The summed E-state index contributed by atoms with van der Waals surface area (Å²) >= 11 is 6.35. The molecular weight excluding hydrogens is 752 g/mol. The number of aromatic amines is 1. The van der Waals surface area contributed by atoms with Gasteiger partial charge in [-0.2, -0.15) is 0 Å². The number of carboxylic acids is 3. The molecule has 0 spiro atoms. The number of hydrogen-bond donors (Lipinski definition) is 5. The topological polar surface area (TPSA) is 164 Å². The van der Waals surface area contributed by atoms with E-state index in [1.54, 1.807) is 72.8 Å². The van der Waals surface area contributed by atoms with Crippen LogP contribution in [0.25, 0.3) is 22.3 Å². The van der Waals surface area contributed by atoms with Gasteiger partial charge in [0.15, 0.2) is 0 Å². The van der Waals surface area contributed by atoms with E-state index in [2.05, 4.69) is 22.5 Å². The second-order valence-corrected chi connectivity index (χ2v) is 14.4. The molecule has 5 aromatic rings. The number of H-pyrrole nitrogens is 1. The van der Waals surface area contributed by atoms with Gasteiger partial charge in [0.2, 0.25) is 0 Å². The second kappa shape index (κ2) is 14.6. The van der Waals surface area contributed by atoms with Crippen LogP contribution in [0.5, 0.6) is 0 Å². The van der Waals surface area contributed by atoms with Crippen molar-refractivity contribution in [1.82, 2.24) is 10.3 Å². The predicted octanol–water partition coefficient (Wildman–Crippen LogP) is 6.92. The Labute approximate surface area is 335 Å². The number of nitrogens with zero attached hydrogens (tertiary/aromatic N) is 2. The second-order valence-electron chi connectivity index (χ2n) is 14.0. The van der Waals surface area contributed by atoms with Crippen molar-refractivity contribution in [3.05, 3.63) is 212 Å². The molecule has 4 aromatic carbocycles. The van der Waals surface area contributed by atoms with E-state index in [4.69, 9.17) is 21.6 Å². The maximum Gasteiger partial charge on any atom is 0.335 e. The molecule has 5 N–H and O–H groups in total. The highest BCUT2D eigenvalue weighted by atomic mass is 35.5. The SMILES string of the molecule is O=C(O)c1ccc(C2=C3C=CC(=N3)/C(c3ccc(Cl)cc3)=C3/C=CC(=N3)/C(c3ccc(C(=O)O)cc3)=c3/cc/c([nH]3)=C(\c3ccc(C(=O)O)cc3)C3C=CC2N3)cc1. The summed E-state index contributed by atoms with van der Waals surface area (Å²) in [6, 6.07) is 30.8. The molecule has 4 aliphatic rings. The van der Waals surface area contributed by atoms with Crippen LogP contribution in [-0.2, 0) is 0 Å². The molecule has 4 aliphatic heterocycles. The quantitative estimate of drug-likeness (QED) is 0.112. The first kappa shape index (κ1) is 36.3. The van der Waals surface area contributed by atoms with Crippen LogP contribution in [0.15, 0.2) is 167 Å².